The van der Waals surface area contributed by atoms with E-state index in [0.717, 1.165) is 5.56 Å². The molecule has 0 aliphatic heterocycles. The van der Waals surface area contributed by atoms with Crippen LogP contribution in [0.5, 0.6) is 11.5 Å². The fraction of sp³-hybridized carbons (Fsp3) is 0.500. The van der Waals surface area contributed by atoms with Crippen molar-refractivity contribution >= 4 is 0 Å². The van der Waals surface area contributed by atoms with E-state index in [1.165, 1.54) is 7.11 Å². The van der Waals surface area contributed by atoms with E-state index >= 15 is 0 Å². The standard InChI is InChI=1S/C12H17F2NO2/c1-8(15-7-12(13)14)10-5-4-9(16-2)6-11(10)17-3/h4-6,8,12,15H,7H2,1-3H3. The summed E-state index contributed by atoms with van der Waals surface area (Å²) in [5, 5.41) is 2.74. The third kappa shape index (κ3) is 3.85. The molecule has 1 rings (SSSR count). The number of rotatable bonds is 6. The van der Waals surface area contributed by atoms with Crippen molar-refractivity contribution < 1.29 is 18.3 Å². The zero-order valence-electron chi connectivity index (χ0n) is 10.2. The summed E-state index contributed by atoms with van der Waals surface area (Å²) in [6.45, 7) is 1.48. The summed E-state index contributed by atoms with van der Waals surface area (Å²) in [7, 11) is 3.10. The predicted octanol–water partition coefficient (Wildman–Crippen LogP) is 2.62. The molecule has 0 spiro atoms. The lowest BCUT2D eigenvalue weighted by Crippen LogP contribution is -2.24. The quantitative estimate of drug-likeness (QED) is 0.835. The van der Waals surface area contributed by atoms with E-state index in [-0.39, 0.29) is 12.6 Å². The molecule has 1 atom stereocenters. The average molecular weight is 245 g/mol. The van der Waals surface area contributed by atoms with E-state index in [9.17, 15) is 8.78 Å². The average Bonchev–Trinajstić information content (AvgIpc) is 2.34. The number of benzene rings is 1. The minimum atomic E-state index is -2.36. The Balaban J connectivity index is 2.81. The van der Waals surface area contributed by atoms with Gasteiger partial charge in [0.05, 0.1) is 20.8 Å². The highest BCUT2D eigenvalue weighted by Crippen LogP contribution is 2.29. The molecule has 0 fully saturated rings. The molecule has 1 aromatic carbocycles. The summed E-state index contributed by atoms with van der Waals surface area (Å²) in [5.41, 5.74) is 0.828. The van der Waals surface area contributed by atoms with Crippen LogP contribution in [-0.2, 0) is 0 Å². The van der Waals surface area contributed by atoms with Gasteiger partial charge in [-0.3, -0.25) is 0 Å². The first-order chi connectivity index (χ1) is 8.08. The molecule has 3 nitrogen and oxygen atoms in total. The first-order valence-electron chi connectivity index (χ1n) is 5.32. The Morgan fingerprint density at radius 2 is 1.94 bits per heavy atom. The van der Waals surface area contributed by atoms with Crippen LogP contribution in [0.15, 0.2) is 18.2 Å². The topological polar surface area (TPSA) is 30.5 Å². The highest BCUT2D eigenvalue weighted by molar-refractivity contribution is 5.42. The zero-order valence-corrected chi connectivity index (χ0v) is 10.2. The van der Waals surface area contributed by atoms with Gasteiger partial charge in [0.25, 0.3) is 6.43 Å². The molecule has 0 heterocycles. The summed E-state index contributed by atoms with van der Waals surface area (Å²) < 4.78 is 34.5. The second-order valence-electron chi connectivity index (χ2n) is 3.63. The smallest absolute Gasteiger partial charge is 0.250 e. The highest BCUT2D eigenvalue weighted by Gasteiger charge is 2.13. The third-order valence-corrected chi connectivity index (χ3v) is 2.49. The van der Waals surface area contributed by atoms with E-state index < -0.39 is 6.43 Å². The van der Waals surface area contributed by atoms with Crippen molar-refractivity contribution in [3.8, 4) is 11.5 Å². The number of alkyl halides is 2. The van der Waals surface area contributed by atoms with E-state index in [2.05, 4.69) is 5.32 Å². The van der Waals surface area contributed by atoms with Crippen LogP contribution in [-0.4, -0.2) is 27.2 Å². The fourth-order valence-electron chi connectivity index (χ4n) is 1.55. The van der Waals surface area contributed by atoms with Gasteiger partial charge in [-0.2, -0.15) is 0 Å². The molecule has 17 heavy (non-hydrogen) atoms. The lowest BCUT2D eigenvalue weighted by molar-refractivity contribution is 0.142. The van der Waals surface area contributed by atoms with Gasteiger partial charge in [-0.1, -0.05) is 6.07 Å². The largest absolute Gasteiger partial charge is 0.497 e. The van der Waals surface area contributed by atoms with Crippen LogP contribution in [0.4, 0.5) is 8.78 Å². The molecule has 0 amide bonds. The van der Waals surface area contributed by atoms with Gasteiger partial charge in [-0.15, -0.1) is 0 Å². The van der Waals surface area contributed by atoms with Gasteiger partial charge in [0, 0.05) is 17.7 Å². The molecule has 5 heteroatoms. The molecule has 96 valence electrons. The van der Waals surface area contributed by atoms with Crippen molar-refractivity contribution in [2.24, 2.45) is 0 Å². The lowest BCUT2D eigenvalue weighted by atomic mass is 10.1. The first-order valence-corrected chi connectivity index (χ1v) is 5.32. The van der Waals surface area contributed by atoms with Crippen LogP contribution < -0.4 is 14.8 Å². The Morgan fingerprint density at radius 1 is 1.24 bits per heavy atom. The number of methoxy groups -OCH3 is 2. The Bertz CT molecular complexity index is 358. The summed E-state index contributed by atoms with van der Waals surface area (Å²) >= 11 is 0. The van der Waals surface area contributed by atoms with E-state index in [4.69, 9.17) is 9.47 Å². The summed E-state index contributed by atoms with van der Waals surface area (Å²) in [5.74, 6) is 1.30. The molecular weight excluding hydrogens is 228 g/mol. The maximum Gasteiger partial charge on any atom is 0.250 e. The number of halogens is 2. The van der Waals surface area contributed by atoms with E-state index in [0.29, 0.717) is 11.5 Å². The van der Waals surface area contributed by atoms with Crippen molar-refractivity contribution in [2.75, 3.05) is 20.8 Å². The van der Waals surface area contributed by atoms with Crippen molar-refractivity contribution in [2.45, 2.75) is 19.4 Å². The summed E-state index contributed by atoms with van der Waals surface area (Å²) in [6, 6.07) is 5.11. The van der Waals surface area contributed by atoms with E-state index in [1.807, 2.05) is 6.92 Å². The van der Waals surface area contributed by atoms with Crippen LogP contribution in [0, 0.1) is 0 Å². The molecule has 0 bridgehead atoms. The number of nitrogens with one attached hydrogen (secondary N) is 1. The molecule has 0 aliphatic carbocycles. The number of ether oxygens (including phenoxy) is 2. The molecule has 1 unspecified atom stereocenters. The Kier molecular flexibility index (Phi) is 5.15. The molecule has 0 aliphatic rings. The fourth-order valence-corrected chi connectivity index (χ4v) is 1.55. The van der Waals surface area contributed by atoms with Crippen molar-refractivity contribution in [1.29, 1.82) is 0 Å². The van der Waals surface area contributed by atoms with Crippen molar-refractivity contribution in [1.82, 2.24) is 5.32 Å². The lowest BCUT2D eigenvalue weighted by Gasteiger charge is -2.17. The maximum absolute atomic E-state index is 12.1. The van der Waals surface area contributed by atoms with Crippen molar-refractivity contribution in [3.63, 3.8) is 0 Å². The maximum atomic E-state index is 12.1. The van der Waals surface area contributed by atoms with E-state index in [1.54, 1.807) is 25.3 Å². The predicted molar refractivity (Wildman–Crippen MR) is 62.0 cm³/mol. The summed E-state index contributed by atoms with van der Waals surface area (Å²) in [4.78, 5) is 0. The molecule has 1 aromatic rings. The van der Waals surface area contributed by atoms with Gasteiger partial charge >= 0.3 is 0 Å². The van der Waals surface area contributed by atoms with Gasteiger partial charge in [0.1, 0.15) is 11.5 Å². The van der Waals surface area contributed by atoms with Crippen LogP contribution >= 0.6 is 0 Å². The highest BCUT2D eigenvalue weighted by atomic mass is 19.3. The number of hydrogen-bond donors (Lipinski definition) is 1. The van der Waals surface area contributed by atoms with Crippen LogP contribution in [0.25, 0.3) is 0 Å². The first kappa shape index (κ1) is 13.7. The monoisotopic (exact) mass is 245 g/mol. The van der Waals surface area contributed by atoms with Gasteiger partial charge in [-0.05, 0) is 13.0 Å². The van der Waals surface area contributed by atoms with Crippen LogP contribution in [0.1, 0.15) is 18.5 Å². The zero-order chi connectivity index (χ0) is 12.8. The molecule has 0 radical (unpaired) electrons. The van der Waals surface area contributed by atoms with Crippen LogP contribution in [0.3, 0.4) is 0 Å². The number of hydrogen-bond acceptors (Lipinski definition) is 3. The van der Waals surface area contributed by atoms with Gasteiger partial charge in [0.2, 0.25) is 0 Å². The van der Waals surface area contributed by atoms with Gasteiger partial charge < -0.3 is 14.8 Å². The summed E-state index contributed by atoms with van der Waals surface area (Å²) in [6.07, 6.45) is -2.36. The Hall–Kier alpha value is -1.36. The molecular formula is C12H17F2NO2. The van der Waals surface area contributed by atoms with Crippen LogP contribution in [0.2, 0.25) is 0 Å². The second kappa shape index (κ2) is 6.39. The SMILES string of the molecule is COc1ccc(C(C)NCC(F)F)c(OC)c1. The van der Waals surface area contributed by atoms with Crippen molar-refractivity contribution in [3.05, 3.63) is 23.8 Å². The van der Waals surface area contributed by atoms with Gasteiger partial charge in [0.15, 0.2) is 0 Å². The molecule has 1 N–H and O–H groups in total. The van der Waals surface area contributed by atoms with Gasteiger partial charge in [-0.25, -0.2) is 8.78 Å². The third-order valence-electron chi connectivity index (χ3n) is 2.49. The molecule has 0 aromatic heterocycles. The normalized spacial score (nSPS) is 12.6. The second-order valence-corrected chi connectivity index (χ2v) is 3.63. The minimum Gasteiger partial charge on any atom is -0.497 e. The Morgan fingerprint density at radius 3 is 2.47 bits per heavy atom. The minimum absolute atomic E-state index is 0.204. The molecule has 0 saturated heterocycles. The molecule has 0 saturated carbocycles. The Labute approximate surface area is 99.7 Å².